The summed E-state index contributed by atoms with van der Waals surface area (Å²) in [5.41, 5.74) is 2.69. The van der Waals surface area contributed by atoms with E-state index in [0.29, 0.717) is 42.6 Å². The average molecular weight is 619 g/mol. The van der Waals surface area contributed by atoms with Crippen LogP contribution in [0.5, 0.6) is 5.75 Å². The Labute approximate surface area is 242 Å². The molecule has 0 fully saturated rings. The van der Waals surface area contributed by atoms with Crippen LogP contribution in [0.2, 0.25) is 5.02 Å². The first-order valence-corrected chi connectivity index (χ1v) is 13.8. The van der Waals surface area contributed by atoms with Crippen LogP contribution in [0.15, 0.2) is 98.3 Å². The van der Waals surface area contributed by atoms with Crippen LogP contribution >= 0.6 is 38.9 Å². The molecule has 9 heteroatoms. The molecule has 0 bridgehead atoms. The van der Waals surface area contributed by atoms with Crippen LogP contribution in [-0.4, -0.2) is 17.1 Å². The van der Waals surface area contributed by atoms with Crippen molar-refractivity contribution in [2.45, 2.75) is 13.0 Å². The Bertz CT molecular complexity index is 1820. The monoisotopic (exact) mass is 617 g/mol. The Morgan fingerprint density at radius 2 is 1.95 bits per heavy atom. The summed E-state index contributed by atoms with van der Waals surface area (Å²) in [6.45, 7) is 1.87. The molecule has 0 unspecified atom stereocenters. The molecule has 3 aromatic carbocycles. The van der Waals surface area contributed by atoms with Gasteiger partial charge in [0.05, 0.1) is 21.8 Å². The zero-order chi connectivity index (χ0) is 27.5. The zero-order valence-corrected chi connectivity index (χ0v) is 23.8. The molecule has 1 aliphatic heterocycles. The molecule has 1 N–H and O–H groups in total. The molecule has 0 radical (unpaired) electrons. The number of ether oxygens (including phenoxy) is 1. The summed E-state index contributed by atoms with van der Waals surface area (Å²) in [6, 6.07) is 21.1. The van der Waals surface area contributed by atoms with Crippen LogP contribution in [0, 0.1) is 12.3 Å². The highest BCUT2D eigenvalue weighted by Gasteiger charge is 2.32. The number of halogens is 2. The SMILES string of the molecule is C#CCOc1ccc(Br)cc1/C=c1\sc2n(c1=O)[C@@H](c1ccc(Cl)cc1)C(C(=O)Nc1ccccc1)=C(C)N=2. The number of allylic oxidation sites excluding steroid dienone is 1. The smallest absolute Gasteiger partial charge is 0.271 e. The molecule has 194 valence electrons. The number of nitrogens with one attached hydrogen (secondary N) is 1. The fourth-order valence-electron chi connectivity index (χ4n) is 4.32. The summed E-state index contributed by atoms with van der Waals surface area (Å²) in [5, 5.41) is 3.49. The normalized spacial score (nSPS) is 14.8. The lowest BCUT2D eigenvalue weighted by atomic mass is 9.95. The second-order valence-electron chi connectivity index (χ2n) is 8.63. The first-order valence-electron chi connectivity index (χ1n) is 11.9. The molecule has 1 aliphatic rings. The number of aromatic nitrogens is 1. The first-order chi connectivity index (χ1) is 18.9. The summed E-state index contributed by atoms with van der Waals surface area (Å²) in [4.78, 5) is 32.7. The van der Waals surface area contributed by atoms with Gasteiger partial charge < -0.3 is 10.1 Å². The number of para-hydroxylation sites is 1. The van der Waals surface area contributed by atoms with Crippen molar-refractivity contribution in [3.63, 3.8) is 0 Å². The van der Waals surface area contributed by atoms with Crippen molar-refractivity contribution < 1.29 is 9.53 Å². The van der Waals surface area contributed by atoms with Crippen molar-refractivity contribution in [2.24, 2.45) is 4.99 Å². The fraction of sp³-hybridized carbons (Fsp3) is 0.100. The van der Waals surface area contributed by atoms with E-state index in [4.69, 9.17) is 22.8 Å². The minimum absolute atomic E-state index is 0.0966. The lowest BCUT2D eigenvalue weighted by Gasteiger charge is -2.25. The molecule has 4 aromatic rings. The minimum atomic E-state index is -0.705. The number of amides is 1. The number of hydrogen-bond acceptors (Lipinski definition) is 5. The maximum absolute atomic E-state index is 13.9. The van der Waals surface area contributed by atoms with Crippen LogP contribution in [0.4, 0.5) is 5.69 Å². The summed E-state index contributed by atoms with van der Waals surface area (Å²) >= 11 is 10.9. The lowest BCUT2D eigenvalue weighted by Crippen LogP contribution is -2.40. The van der Waals surface area contributed by atoms with Gasteiger partial charge in [-0.15, -0.1) is 6.42 Å². The van der Waals surface area contributed by atoms with Crippen molar-refractivity contribution in [1.82, 2.24) is 4.57 Å². The van der Waals surface area contributed by atoms with E-state index in [-0.39, 0.29) is 18.1 Å². The molecule has 5 rings (SSSR count). The highest BCUT2D eigenvalue weighted by Crippen LogP contribution is 2.31. The van der Waals surface area contributed by atoms with Gasteiger partial charge in [0.1, 0.15) is 12.4 Å². The molecule has 0 saturated carbocycles. The Morgan fingerprint density at radius 3 is 2.67 bits per heavy atom. The maximum atomic E-state index is 13.9. The van der Waals surface area contributed by atoms with E-state index in [1.807, 2.05) is 42.5 Å². The van der Waals surface area contributed by atoms with Gasteiger partial charge >= 0.3 is 0 Å². The van der Waals surface area contributed by atoms with Crippen molar-refractivity contribution in [1.29, 1.82) is 0 Å². The number of hydrogen-bond donors (Lipinski definition) is 1. The maximum Gasteiger partial charge on any atom is 0.271 e. The number of benzene rings is 3. The molecule has 1 amide bonds. The van der Waals surface area contributed by atoms with Crippen molar-refractivity contribution in [3.8, 4) is 18.1 Å². The Balaban J connectivity index is 1.67. The molecule has 2 heterocycles. The third kappa shape index (κ3) is 5.62. The fourth-order valence-corrected chi connectivity index (χ4v) is 5.86. The van der Waals surface area contributed by atoms with Crippen LogP contribution in [0.25, 0.3) is 6.08 Å². The van der Waals surface area contributed by atoms with Crippen LogP contribution in [0.3, 0.4) is 0 Å². The highest BCUT2D eigenvalue weighted by molar-refractivity contribution is 9.10. The molecule has 6 nitrogen and oxygen atoms in total. The largest absolute Gasteiger partial charge is 0.480 e. The minimum Gasteiger partial charge on any atom is -0.480 e. The molecule has 39 heavy (non-hydrogen) atoms. The molecule has 0 aliphatic carbocycles. The third-order valence-electron chi connectivity index (χ3n) is 6.05. The van der Waals surface area contributed by atoms with E-state index in [1.54, 1.807) is 47.9 Å². The van der Waals surface area contributed by atoms with Crippen LogP contribution < -0.4 is 24.9 Å². The van der Waals surface area contributed by atoms with E-state index in [2.05, 4.69) is 32.2 Å². The predicted molar refractivity (Wildman–Crippen MR) is 159 cm³/mol. The summed E-state index contributed by atoms with van der Waals surface area (Å²) in [6.07, 6.45) is 7.13. The average Bonchev–Trinajstić information content (AvgIpc) is 3.22. The third-order valence-corrected chi connectivity index (χ3v) is 7.78. The van der Waals surface area contributed by atoms with Gasteiger partial charge in [0.2, 0.25) is 0 Å². The Morgan fingerprint density at radius 1 is 1.21 bits per heavy atom. The van der Waals surface area contributed by atoms with Crippen LogP contribution in [-0.2, 0) is 4.79 Å². The molecular weight excluding hydrogens is 598 g/mol. The molecule has 1 aromatic heterocycles. The van der Waals surface area contributed by atoms with Gasteiger partial charge in [0.15, 0.2) is 4.80 Å². The van der Waals surface area contributed by atoms with Gasteiger partial charge in [-0.2, -0.15) is 0 Å². The number of terminal acetylenes is 1. The summed E-state index contributed by atoms with van der Waals surface area (Å²) in [5.74, 6) is 2.67. The molecular formula is C30H21BrClN3O3S. The van der Waals surface area contributed by atoms with E-state index in [0.717, 1.165) is 10.0 Å². The number of thiazole rings is 1. The zero-order valence-electron chi connectivity index (χ0n) is 20.7. The Hall–Kier alpha value is -3.90. The highest BCUT2D eigenvalue weighted by atomic mass is 79.9. The second kappa shape index (κ2) is 11.5. The number of carbonyl (C=O) groups excluding carboxylic acids is 1. The molecule has 1 atom stereocenters. The van der Waals surface area contributed by atoms with E-state index >= 15 is 0 Å². The molecule has 0 saturated heterocycles. The second-order valence-corrected chi connectivity index (χ2v) is 11.0. The first kappa shape index (κ1) is 26.7. The number of fused-ring (bicyclic) bond motifs is 1. The van der Waals surface area contributed by atoms with E-state index in [9.17, 15) is 9.59 Å². The van der Waals surface area contributed by atoms with Gasteiger partial charge in [0.25, 0.3) is 11.5 Å². The van der Waals surface area contributed by atoms with Gasteiger partial charge in [-0.05, 0) is 61.0 Å². The number of carbonyl (C=O) groups is 1. The van der Waals surface area contributed by atoms with E-state index in [1.165, 1.54) is 11.3 Å². The quantitative estimate of drug-likeness (QED) is 0.298. The van der Waals surface area contributed by atoms with Gasteiger partial charge in [-0.3, -0.25) is 14.2 Å². The number of anilines is 1. The van der Waals surface area contributed by atoms with E-state index < -0.39 is 6.04 Å². The molecule has 0 spiro atoms. The van der Waals surface area contributed by atoms with Gasteiger partial charge in [-0.1, -0.05) is 75.1 Å². The standard InChI is InChI=1S/C30H21BrClN3O3S/c1-3-15-38-24-14-11-21(31)16-20(24)17-25-29(37)35-27(19-9-12-22(32)13-10-19)26(18(2)33-30(35)39-25)28(36)34-23-7-5-4-6-8-23/h1,4-14,16-17,27H,15H2,2H3,(H,34,36)/b25-17-/t27-/m0/s1. The van der Waals surface area contributed by atoms with Gasteiger partial charge in [0, 0.05) is 20.7 Å². The van der Waals surface area contributed by atoms with Crippen molar-refractivity contribution >= 4 is 56.5 Å². The lowest BCUT2D eigenvalue weighted by molar-refractivity contribution is -0.113. The summed E-state index contributed by atoms with van der Waals surface area (Å²) in [7, 11) is 0. The van der Waals surface area contributed by atoms with Crippen molar-refractivity contribution in [2.75, 3.05) is 11.9 Å². The topological polar surface area (TPSA) is 72.7 Å². The predicted octanol–water partition coefficient (Wildman–Crippen LogP) is 5.30. The number of rotatable bonds is 6. The Kier molecular flexibility index (Phi) is 7.84. The number of nitrogens with zero attached hydrogens (tertiary/aromatic N) is 2. The van der Waals surface area contributed by atoms with Gasteiger partial charge in [-0.25, -0.2) is 4.99 Å². The summed E-state index contributed by atoms with van der Waals surface area (Å²) < 4.78 is 8.51. The van der Waals surface area contributed by atoms with Crippen LogP contribution in [0.1, 0.15) is 24.1 Å². The van der Waals surface area contributed by atoms with Crippen molar-refractivity contribution in [3.05, 3.63) is 124 Å².